The number of benzene rings is 1. The van der Waals surface area contributed by atoms with E-state index in [2.05, 4.69) is 16.0 Å². The van der Waals surface area contributed by atoms with Gasteiger partial charge in [0.05, 0.1) is 35.7 Å². The SMILES string of the molecule is N#Cc1ccccc1-c1ncc(COC23CC4CC(CC(C4)C2)C3)[nH]1. The molecule has 4 bridgehead atoms. The zero-order valence-corrected chi connectivity index (χ0v) is 14.4. The van der Waals surface area contributed by atoms with Crippen LogP contribution in [0.2, 0.25) is 0 Å². The lowest BCUT2D eigenvalue weighted by molar-refractivity contribution is -0.169. The van der Waals surface area contributed by atoms with E-state index in [4.69, 9.17) is 4.74 Å². The first kappa shape index (κ1) is 15.2. The van der Waals surface area contributed by atoms with Crippen molar-refractivity contribution in [1.29, 1.82) is 5.26 Å². The summed E-state index contributed by atoms with van der Waals surface area (Å²) in [5.41, 5.74) is 2.61. The van der Waals surface area contributed by atoms with Crippen LogP contribution in [0.25, 0.3) is 11.4 Å². The molecule has 1 aromatic carbocycles. The number of imidazole rings is 1. The summed E-state index contributed by atoms with van der Waals surface area (Å²) in [6, 6.07) is 9.80. The molecule has 0 amide bonds. The first-order valence-electron chi connectivity index (χ1n) is 9.40. The van der Waals surface area contributed by atoms with Gasteiger partial charge in [0.1, 0.15) is 5.82 Å². The quantitative estimate of drug-likeness (QED) is 0.900. The molecule has 25 heavy (non-hydrogen) atoms. The Labute approximate surface area is 148 Å². The molecule has 4 heteroatoms. The van der Waals surface area contributed by atoms with Crippen molar-refractivity contribution in [2.45, 2.75) is 50.7 Å². The monoisotopic (exact) mass is 333 g/mol. The molecule has 1 heterocycles. The van der Waals surface area contributed by atoms with Crippen molar-refractivity contribution >= 4 is 0 Å². The molecule has 1 aromatic heterocycles. The number of hydrogen-bond acceptors (Lipinski definition) is 3. The second-order valence-electron chi connectivity index (χ2n) is 8.30. The third-order valence-corrected chi connectivity index (χ3v) is 6.45. The van der Waals surface area contributed by atoms with Gasteiger partial charge in [0.2, 0.25) is 0 Å². The van der Waals surface area contributed by atoms with E-state index in [9.17, 15) is 5.26 Å². The Morgan fingerprint density at radius 2 is 1.80 bits per heavy atom. The van der Waals surface area contributed by atoms with Crippen molar-refractivity contribution < 1.29 is 4.74 Å². The van der Waals surface area contributed by atoms with Gasteiger partial charge < -0.3 is 9.72 Å². The van der Waals surface area contributed by atoms with E-state index >= 15 is 0 Å². The summed E-state index contributed by atoms with van der Waals surface area (Å²) in [6.45, 7) is 0.591. The molecule has 0 radical (unpaired) electrons. The van der Waals surface area contributed by atoms with Gasteiger partial charge in [-0.1, -0.05) is 12.1 Å². The second kappa shape index (κ2) is 5.71. The smallest absolute Gasteiger partial charge is 0.138 e. The molecular formula is C21H23N3O. The van der Waals surface area contributed by atoms with Gasteiger partial charge in [-0.3, -0.25) is 0 Å². The van der Waals surface area contributed by atoms with Crippen LogP contribution in [-0.2, 0) is 11.3 Å². The number of ether oxygens (including phenoxy) is 1. The van der Waals surface area contributed by atoms with Gasteiger partial charge in [-0.05, 0) is 68.4 Å². The molecule has 6 rings (SSSR count). The normalized spacial score (nSPS) is 32.7. The summed E-state index contributed by atoms with van der Waals surface area (Å²) in [5, 5.41) is 9.27. The summed E-state index contributed by atoms with van der Waals surface area (Å²) in [6.07, 6.45) is 9.89. The lowest BCUT2D eigenvalue weighted by Crippen LogP contribution is -2.51. The Morgan fingerprint density at radius 3 is 2.48 bits per heavy atom. The molecule has 4 aliphatic rings. The highest BCUT2D eigenvalue weighted by Crippen LogP contribution is 2.57. The summed E-state index contributed by atoms with van der Waals surface area (Å²) in [7, 11) is 0. The van der Waals surface area contributed by atoms with Crippen molar-refractivity contribution in [3.05, 3.63) is 41.7 Å². The summed E-state index contributed by atoms with van der Waals surface area (Å²) < 4.78 is 6.50. The highest BCUT2D eigenvalue weighted by molar-refractivity contribution is 5.64. The fourth-order valence-electron chi connectivity index (χ4n) is 5.80. The number of rotatable bonds is 4. The van der Waals surface area contributed by atoms with Crippen LogP contribution in [-0.4, -0.2) is 15.6 Å². The average Bonchev–Trinajstić information content (AvgIpc) is 3.08. The topological polar surface area (TPSA) is 61.7 Å². The van der Waals surface area contributed by atoms with Gasteiger partial charge in [-0.2, -0.15) is 5.26 Å². The molecule has 0 atom stereocenters. The fourth-order valence-corrected chi connectivity index (χ4v) is 5.80. The Balaban J connectivity index is 1.32. The predicted molar refractivity (Wildman–Crippen MR) is 94.4 cm³/mol. The molecule has 0 saturated heterocycles. The Kier molecular flexibility index (Phi) is 3.46. The summed E-state index contributed by atoms with van der Waals surface area (Å²) >= 11 is 0. The third kappa shape index (κ3) is 2.67. The number of nitrogens with one attached hydrogen (secondary N) is 1. The first-order valence-corrected chi connectivity index (χ1v) is 9.40. The van der Waals surface area contributed by atoms with E-state index < -0.39 is 0 Å². The second-order valence-corrected chi connectivity index (χ2v) is 8.30. The van der Waals surface area contributed by atoms with E-state index in [1.165, 1.54) is 38.5 Å². The van der Waals surface area contributed by atoms with Crippen molar-refractivity contribution in [2.24, 2.45) is 17.8 Å². The molecule has 1 N–H and O–H groups in total. The van der Waals surface area contributed by atoms with Gasteiger partial charge in [-0.15, -0.1) is 0 Å². The van der Waals surface area contributed by atoms with Crippen LogP contribution in [0.1, 0.15) is 49.8 Å². The molecular weight excluding hydrogens is 310 g/mol. The van der Waals surface area contributed by atoms with Crippen LogP contribution >= 0.6 is 0 Å². The molecule has 0 unspecified atom stereocenters. The van der Waals surface area contributed by atoms with Gasteiger partial charge in [-0.25, -0.2) is 4.98 Å². The van der Waals surface area contributed by atoms with E-state index in [-0.39, 0.29) is 5.60 Å². The van der Waals surface area contributed by atoms with Crippen molar-refractivity contribution in [3.8, 4) is 17.5 Å². The largest absolute Gasteiger partial charge is 0.369 e. The average molecular weight is 333 g/mol. The van der Waals surface area contributed by atoms with Crippen LogP contribution in [0.3, 0.4) is 0 Å². The third-order valence-electron chi connectivity index (χ3n) is 6.45. The number of nitrogens with zero attached hydrogens (tertiary/aromatic N) is 2. The number of nitriles is 1. The van der Waals surface area contributed by atoms with E-state index in [1.807, 2.05) is 30.5 Å². The molecule has 4 fully saturated rings. The standard InChI is InChI=1S/C21H23N3O/c22-11-17-3-1-2-4-19(17)20-23-12-18(24-20)13-25-21-8-14-5-15(9-21)7-16(6-14)10-21/h1-4,12,14-16H,5-10,13H2,(H,23,24). The van der Waals surface area contributed by atoms with E-state index in [0.29, 0.717) is 12.2 Å². The van der Waals surface area contributed by atoms with Gasteiger partial charge in [0.25, 0.3) is 0 Å². The van der Waals surface area contributed by atoms with Gasteiger partial charge >= 0.3 is 0 Å². The Bertz CT molecular complexity index is 796. The lowest BCUT2D eigenvalue weighted by Gasteiger charge is -2.56. The van der Waals surface area contributed by atoms with Crippen molar-refractivity contribution in [2.75, 3.05) is 0 Å². The maximum absolute atomic E-state index is 9.27. The van der Waals surface area contributed by atoms with Crippen LogP contribution in [0.15, 0.2) is 30.5 Å². The fraction of sp³-hybridized carbons (Fsp3) is 0.524. The van der Waals surface area contributed by atoms with Crippen LogP contribution < -0.4 is 0 Å². The van der Waals surface area contributed by atoms with Gasteiger partial charge in [0.15, 0.2) is 0 Å². The summed E-state index contributed by atoms with van der Waals surface area (Å²) in [4.78, 5) is 7.82. The molecule has 0 aliphatic heterocycles. The zero-order chi connectivity index (χ0) is 16.9. The van der Waals surface area contributed by atoms with Crippen molar-refractivity contribution in [1.82, 2.24) is 9.97 Å². The highest BCUT2D eigenvalue weighted by Gasteiger charge is 2.51. The number of aromatic nitrogens is 2. The van der Waals surface area contributed by atoms with Gasteiger partial charge in [0, 0.05) is 5.56 Å². The minimum Gasteiger partial charge on any atom is -0.369 e. The molecule has 4 saturated carbocycles. The number of hydrogen-bond donors (Lipinski definition) is 1. The van der Waals surface area contributed by atoms with E-state index in [1.54, 1.807) is 0 Å². The van der Waals surface area contributed by atoms with E-state index in [0.717, 1.165) is 34.8 Å². The zero-order valence-electron chi connectivity index (χ0n) is 14.4. The highest BCUT2D eigenvalue weighted by atomic mass is 16.5. The van der Waals surface area contributed by atoms with Crippen molar-refractivity contribution in [3.63, 3.8) is 0 Å². The molecule has 0 spiro atoms. The van der Waals surface area contributed by atoms with Crippen LogP contribution in [0.4, 0.5) is 0 Å². The minimum atomic E-state index is 0.116. The summed E-state index contributed by atoms with van der Waals surface area (Å²) in [5.74, 6) is 3.43. The minimum absolute atomic E-state index is 0.116. The van der Waals surface area contributed by atoms with Crippen LogP contribution in [0, 0.1) is 29.1 Å². The number of aromatic amines is 1. The molecule has 2 aromatic rings. The maximum atomic E-state index is 9.27. The maximum Gasteiger partial charge on any atom is 0.138 e. The molecule has 4 nitrogen and oxygen atoms in total. The van der Waals surface area contributed by atoms with Crippen LogP contribution in [0.5, 0.6) is 0 Å². The molecule has 4 aliphatic carbocycles. The molecule has 128 valence electrons. The Morgan fingerprint density at radius 1 is 1.12 bits per heavy atom. The number of H-pyrrole nitrogens is 1. The lowest BCUT2D eigenvalue weighted by atomic mass is 9.54. The first-order chi connectivity index (χ1) is 12.2. The Hall–Kier alpha value is -2.12. The predicted octanol–water partition coefficient (Wildman–Crippen LogP) is 4.43.